The number of rotatable bonds is 8. The topological polar surface area (TPSA) is 155 Å². The van der Waals surface area contributed by atoms with Gasteiger partial charge in [0.15, 0.2) is 0 Å². The first kappa shape index (κ1) is 38.6. The molecule has 3 N–H and O–H groups in total. The van der Waals surface area contributed by atoms with Crippen LogP contribution in [0.2, 0.25) is 0 Å². The van der Waals surface area contributed by atoms with Crippen LogP contribution in [0.15, 0.2) is 18.2 Å². The predicted octanol–water partition coefficient (Wildman–Crippen LogP) is 4.87. The number of fused-ring (bicyclic) bond motifs is 3. The van der Waals surface area contributed by atoms with Crippen molar-refractivity contribution in [3.8, 4) is 0 Å². The van der Waals surface area contributed by atoms with Crippen molar-refractivity contribution in [2.75, 3.05) is 19.8 Å². The maximum atomic E-state index is 14.5. The third-order valence-corrected chi connectivity index (χ3v) is 11.4. The van der Waals surface area contributed by atoms with Crippen LogP contribution >= 0.6 is 0 Å². The van der Waals surface area contributed by atoms with Crippen LogP contribution in [-0.4, -0.2) is 88.2 Å². The average Bonchev–Trinajstić information content (AvgIpc) is 3.38. The number of ether oxygens (including phenoxy) is 2. The molecule has 4 aliphatic rings. The fourth-order valence-corrected chi connectivity index (χ4v) is 8.34. The number of carbonyl (C=O) groups is 5. The van der Waals surface area contributed by atoms with Gasteiger partial charge in [-0.1, -0.05) is 72.6 Å². The lowest BCUT2D eigenvalue weighted by Crippen LogP contribution is -2.59. The molecule has 12 nitrogen and oxygen atoms in total. The van der Waals surface area contributed by atoms with Crippen LogP contribution in [0.1, 0.15) is 110 Å². The highest BCUT2D eigenvalue weighted by atomic mass is 16.6. The van der Waals surface area contributed by atoms with Crippen LogP contribution in [0, 0.1) is 23.2 Å². The van der Waals surface area contributed by atoms with Gasteiger partial charge in [-0.15, -0.1) is 0 Å². The minimum atomic E-state index is -1.04. The summed E-state index contributed by atoms with van der Waals surface area (Å²) in [5, 5.41) is 16.3. The van der Waals surface area contributed by atoms with E-state index in [0.29, 0.717) is 38.8 Å². The summed E-state index contributed by atoms with van der Waals surface area (Å²) in [6.07, 6.45) is 3.88. The van der Waals surface area contributed by atoms with E-state index in [4.69, 9.17) is 9.47 Å². The van der Waals surface area contributed by atoms with Gasteiger partial charge in [-0.25, -0.2) is 9.59 Å². The quantitative estimate of drug-likeness (QED) is 0.345. The number of cyclic esters (lactones) is 1. The Labute approximate surface area is 302 Å². The summed E-state index contributed by atoms with van der Waals surface area (Å²) >= 11 is 0. The lowest BCUT2D eigenvalue weighted by atomic mass is 9.85. The molecule has 3 heterocycles. The molecule has 0 radical (unpaired) electrons. The Morgan fingerprint density at radius 1 is 1.12 bits per heavy atom. The minimum Gasteiger partial charge on any atom is -0.449 e. The maximum Gasteiger partial charge on any atom is 0.410 e. The monoisotopic (exact) mass is 710 g/mol. The van der Waals surface area contributed by atoms with Gasteiger partial charge in [0.25, 0.3) is 0 Å². The zero-order valence-electron chi connectivity index (χ0n) is 31.3. The van der Waals surface area contributed by atoms with Crippen molar-refractivity contribution in [2.45, 2.75) is 136 Å². The summed E-state index contributed by atoms with van der Waals surface area (Å²) in [5.74, 6) is -1.70. The second-order valence-electron chi connectivity index (χ2n) is 16.3. The first-order valence-electron chi connectivity index (χ1n) is 19.0. The molecule has 51 heavy (non-hydrogen) atoms. The molecule has 1 aromatic carbocycles. The van der Waals surface area contributed by atoms with Crippen molar-refractivity contribution in [2.24, 2.45) is 23.2 Å². The maximum absolute atomic E-state index is 14.5. The second-order valence-corrected chi connectivity index (χ2v) is 16.3. The van der Waals surface area contributed by atoms with E-state index in [2.05, 4.69) is 16.7 Å². The highest BCUT2D eigenvalue weighted by Gasteiger charge is 2.61. The summed E-state index contributed by atoms with van der Waals surface area (Å²) in [6, 6.07) is 4.09. The average molecular weight is 711 g/mol. The number of ketones is 1. The number of alkyl carbamates (subject to hydrolysis) is 1. The molecule has 3 aliphatic heterocycles. The molecule has 1 aromatic rings. The van der Waals surface area contributed by atoms with Gasteiger partial charge in [0.1, 0.15) is 24.0 Å². The van der Waals surface area contributed by atoms with E-state index in [0.717, 1.165) is 36.8 Å². The van der Waals surface area contributed by atoms with Crippen LogP contribution in [0.4, 0.5) is 9.59 Å². The predicted molar refractivity (Wildman–Crippen MR) is 190 cm³/mol. The third kappa shape index (κ3) is 8.53. The number of benzene rings is 1. The number of hydrogen-bond donors (Lipinski definition) is 3. The first-order chi connectivity index (χ1) is 24.2. The second kappa shape index (κ2) is 15.9. The van der Waals surface area contributed by atoms with Crippen molar-refractivity contribution < 1.29 is 38.6 Å². The van der Waals surface area contributed by atoms with Gasteiger partial charge in [0.2, 0.25) is 11.8 Å². The smallest absolute Gasteiger partial charge is 0.410 e. The standard InChI is InChI=1S/C39H58N4O8/c1-7-12-32(45)30(22-44)39(18-27(39)8-2)41-34(46)31-17-28-20-43(31)35(47)33(38(4,5)6)40-36(48)50-23-24(3)13-9-10-14-25-15-11-16-26-19-42(21-29(25)26)37(49)51-28/h11,15-16,24,27-28,30-31,33,44H,7-10,12-14,17-23H2,1-6H3,(H,40,48)(H,41,46)/t24-,27?,28-,30?,31+,33-,39-/m1/s1. The minimum absolute atomic E-state index is 0.00234. The Bertz CT molecular complexity index is 1480. The van der Waals surface area contributed by atoms with Gasteiger partial charge in [-0.05, 0) is 66.0 Å². The van der Waals surface area contributed by atoms with Crippen molar-refractivity contribution in [1.29, 1.82) is 0 Å². The molecular formula is C39H58N4O8. The van der Waals surface area contributed by atoms with Gasteiger partial charge in [0.05, 0.1) is 31.2 Å². The fraction of sp³-hybridized carbons (Fsp3) is 0.718. The molecule has 2 unspecified atom stereocenters. The van der Waals surface area contributed by atoms with Crippen molar-refractivity contribution in [3.05, 3.63) is 34.9 Å². The van der Waals surface area contributed by atoms with Crippen LogP contribution in [0.25, 0.3) is 0 Å². The van der Waals surface area contributed by atoms with Gasteiger partial charge in [-0.2, -0.15) is 0 Å². The third-order valence-electron chi connectivity index (χ3n) is 11.4. The number of nitrogens with zero attached hydrogens (tertiary/aromatic N) is 2. The number of Topliss-reactive ketones (excluding diaryl/α,β-unsaturated/α-hetero) is 1. The van der Waals surface area contributed by atoms with E-state index in [9.17, 15) is 29.1 Å². The molecule has 2 fully saturated rings. The Morgan fingerprint density at radius 2 is 1.86 bits per heavy atom. The number of aliphatic hydroxyl groups excluding tert-OH is 1. The summed E-state index contributed by atoms with van der Waals surface area (Å²) in [6.45, 7) is 12.0. The summed E-state index contributed by atoms with van der Waals surface area (Å²) < 4.78 is 11.7. The molecule has 0 aromatic heterocycles. The van der Waals surface area contributed by atoms with Crippen LogP contribution in [0.5, 0.6) is 0 Å². The Hall–Kier alpha value is -3.67. The van der Waals surface area contributed by atoms with Crippen molar-refractivity contribution in [1.82, 2.24) is 20.4 Å². The zero-order chi connectivity index (χ0) is 37.1. The highest BCUT2D eigenvalue weighted by molar-refractivity contribution is 5.93. The summed E-state index contributed by atoms with van der Waals surface area (Å²) in [5.41, 5.74) is 1.77. The fourth-order valence-electron chi connectivity index (χ4n) is 8.34. The Balaban J connectivity index is 1.44. The number of hydrogen-bond acceptors (Lipinski definition) is 8. The number of amides is 4. The molecular weight excluding hydrogens is 652 g/mol. The van der Waals surface area contributed by atoms with Crippen LogP contribution in [0.3, 0.4) is 0 Å². The Kier molecular flexibility index (Phi) is 12.0. The van der Waals surface area contributed by atoms with Crippen LogP contribution in [-0.2, 0) is 43.4 Å². The molecule has 4 amide bonds. The van der Waals surface area contributed by atoms with E-state index in [1.54, 1.807) is 4.90 Å². The van der Waals surface area contributed by atoms with Gasteiger partial charge in [-0.3, -0.25) is 19.3 Å². The van der Waals surface area contributed by atoms with E-state index in [-0.39, 0.29) is 43.8 Å². The Morgan fingerprint density at radius 3 is 2.53 bits per heavy atom. The number of aliphatic hydroxyl groups is 1. The van der Waals surface area contributed by atoms with Gasteiger partial charge in [0, 0.05) is 25.9 Å². The normalized spacial score (nSPS) is 29.5. The SMILES string of the molecule is CCCC(=O)C(CO)[C@@]1(NC(=O)[C@@H]2C[C@@H]3CN2C(=O)[C@H](C(C)(C)C)NC(=O)OC[C@H](C)CCCCc2cccc4c2CN(C4)C(=O)O3)CC1CC. The molecule has 1 aliphatic carbocycles. The first-order valence-corrected chi connectivity index (χ1v) is 19.0. The zero-order valence-corrected chi connectivity index (χ0v) is 31.3. The molecule has 282 valence electrons. The van der Waals surface area contributed by atoms with E-state index < -0.39 is 59.1 Å². The molecule has 12 heteroatoms. The number of aryl methyl sites for hydroxylation is 1. The molecule has 1 saturated carbocycles. The van der Waals surface area contributed by atoms with E-state index >= 15 is 0 Å². The van der Waals surface area contributed by atoms with Gasteiger partial charge < -0.3 is 30.1 Å². The highest BCUT2D eigenvalue weighted by Crippen LogP contribution is 2.52. The molecule has 5 rings (SSSR count). The molecule has 7 atom stereocenters. The van der Waals surface area contributed by atoms with Crippen molar-refractivity contribution in [3.63, 3.8) is 0 Å². The molecule has 1 saturated heterocycles. The van der Waals surface area contributed by atoms with Crippen molar-refractivity contribution >= 4 is 29.8 Å². The van der Waals surface area contributed by atoms with Crippen LogP contribution < -0.4 is 10.6 Å². The van der Waals surface area contributed by atoms with E-state index in [1.807, 2.05) is 53.7 Å². The lowest BCUT2D eigenvalue weighted by molar-refractivity contribution is -0.143. The lowest BCUT2D eigenvalue weighted by Gasteiger charge is -2.36. The summed E-state index contributed by atoms with van der Waals surface area (Å²) in [7, 11) is 0. The molecule has 4 bridgehead atoms. The van der Waals surface area contributed by atoms with E-state index in [1.165, 1.54) is 10.5 Å². The number of nitrogens with one attached hydrogen (secondary N) is 2. The van der Waals surface area contributed by atoms with Gasteiger partial charge >= 0.3 is 12.2 Å². The summed E-state index contributed by atoms with van der Waals surface area (Å²) in [4.78, 5) is 71.8. The molecule has 0 spiro atoms. The number of carbonyl (C=O) groups excluding carboxylic acids is 5. The largest absolute Gasteiger partial charge is 0.449 e.